The van der Waals surface area contributed by atoms with Crippen molar-refractivity contribution in [2.45, 2.75) is 20.1 Å². The zero-order chi connectivity index (χ0) is 23.7. The summed E-state index contributed by atoms with van der Waals surface area (Å²) in [6.45, 7) is 3.00. The van der Waals surface area contributed by atoms with Crippen LogP contribution in [-0.2, 0) is 13.2 Å². The number of ether oxygens (including phenoxy) is 1. The molecule has 0 spiro atoms. The van der Waals surface area contributed by atoms with Gasteiger partial charge in [-0.1, -0.05) is 57.9 Å². The summed E-state index contributed by atoms with van der Waals surface area (Å²) in [5, 5.41) is 10.6. The van der Waals surface area contributed by atoms with Crippen molar-refractivity contribution in [1.29, 1.82) is 0 Å². The van der Waals surface area contributed by atoms with Crippen LogP contribution in [0.4, 0.5) is 4.39 Å². The molecular weight excluding hydrogens is 495 g/mol. The second-order valence-electron chi connectivity index (χ2n) is 8.23. The van der Waals surface area contributed by atoms with E-state index in [4.69, 9.17) is 9.72 Å². The van der Waals surface area contributed by atoms with Crippen molar-refractivity contribution in [3.05, 3.63) is 112 Å². The molecule has 0 radical (unpaired) electrons. The van der Waals surface area contributed by atoms with Gasteiger partial charge in [-0.3, -0.25) is 0 Å². The molecule has 1 aromatic heterocycles. The first-order valence-corrected chi connectivity index (χ1v) is 11.7. The number of aryl methyl sites for hydroxylation is 1. The van der Waals surface area contributed by atoms with E-state index in [2.05, 4.69) is 47.1 Å². The first-order valence-electron chi connectivity index (χ1n) is 10.9. The fourth-order valence-corrected chi connectivity index (χ4v) is 4.23. The predicted octanol–water partition coefficient (Wildman–Crippen LogP) is 7.25. The number of hydrogen-bond acceptors (Lipinski definition) is 3. The minimum atomic E-state index is -0.277. The van der Waals surface area contributed by atoms with Gasteiger partial charge in [-0.05, 0) is 60.5 Å². The largest absolute Gasteiger partial charge is 0.507 e. The maximum Gasteiger partial charge on any atom is 0.145 e. The second-order valence-corrected chi connectivity index (χ2v) is 9.15. The smallest absolute Gasteiger partial charge is 0.145 e. The Kier molecular flexibility index (Phi) is 6.07. The summed E-state index contributed by atoms with van der Waals surface area (Å²) in [5.41, 5.74) is 5.49. The summed E-state index contributed by atoms with van der Waals surface area (Å²) < 4.78 is 22.3. The number of nitrogens with zero attached hydrogens (tertiary/aromatic N) is 2. The number of phenolic OH excluding ortho intramolecular Hbond substituents is 1. The van der Waals surface area contributed by atoms with E-state index in [1.807, 2.05) is 34.9 Å². The highest BCUT2D eigenvalue weighted by atomic mass is 79.9. The van der Waals surface area contributed by atoms with Gasteiger partial charge in [0.1, 0.15) is 29.7 Å². The molecular formula is C28H22BrFN2O2. The van der Waals surface area contributed by atoms with Crippen LogP contribution in [0, 0.1) is 12.7 Å². The lowest BCUT2D eigenvalue weighted by Crippen LogP contribution is -2.02. The van der Waals surface area contributed by atoms with Crippen LogP contribution in [0.25, 0.3) is 22.4 Å². The van der Waals surface area contributed by atoms with Crippen LogP contribution in [0.3, 0.4) is 0 Å². The summed E-state index contributed by atoms with van der Waals surface area (Å²) >= 11 is 3.39. The van der Waals surface area contributed by atoms with E-state index in [-0.39, 0.29) is 11.6 Å². The molecule has 0 fully saturated rings. The Morgan fingerprint density at radius 2 is 1.65 bits per heavy atom. The summed E-state index contributed by atoms with van der Waals surface area (Å²) in [5.74, 6) is 1.19. The Hall–Kier alpha value is -3.64. The van der Waals surface area contributed by atoms with E-state index < -0.39 is 0 Å². The number of phenols is 1. The minimum Gasteiger partial charge on any atom is -0.507 e. The number of benzene rings is 4. The molecule has 0 saturated heterocycles. The van der Waals surface area contributed by atoms with Crippen molar-refractivity contribution < 1.29 is 14.2 Å². The first kappa shape index (κ1) is 22.2. The van der Waals surface area contributed by atoms with E-state index >= 15 is 0 Å². The lowest BCUT2D eigenvalue weighted by molar-refractivity contribution is 0.306. The average Bonchev–Trinajstić information content (AvgIpc) is 3.17. The van der Waals surface area contributed by atoms with Gasteiger partial charge >= 0.3 is 0 Å². The molecule has 0 amide bonds. The molecule has 4 aromatic carbocycles. The van der Waals surface area contributed by atoms with Gasteiger partial charge in [0.05, 0.1) is 16.6 Å². The highest BCUT2D eigenvalue weighted by Gasteiger charge is 2.17. The van der Waals surface area contributed by atoms with E-state index in [1.54, 1.807) is 18.2 Å². The molecule has 0 saturated carbocycles. The molecule has 4 nitrogen and oxygen atoms in total. The van der Waals surface area contributed by atoms with Crippen molar-refractivity contribution in [1.82, 2.24) is 9.55 Å². The Morgan fingerprint density at radius 3 is 2.38 bits per heavy atom. The van der Waals surface area contributed by atoms with Crippen molar-refractivity contribution in [3.63, 3.8) is 0 Å². The van der Waals surface area contributed by atoms with Gasteiger partial charge in [-0.2, -0.15) is 0 Å². The van der Waals surface area contributed by atoms with Crippen molar-refractivity contribution in [2.75, 3.05) is 0 Å². The molecule has 0 unspecified atom stereocenters. The molecule has 34 heavy (non-hydrogen) atoms. The Morgan fingerprint density at radius 1 is 0.912 bits per heavy atom. The fourth-order valence-electron chi connectivity index (χ4n) is 3.88. The highest BCUT2D eigenvalue weighted by molar-refractivity contribution is 9.10. The number of fused-ring (bicyclic) bond motifs is 1. The van der Waals surface area contributed by atoms with Crippen LogP contribution in [-0.4, -0.2) is 14.7 Å². The maximum atomic E-state index is 13.4. The van der Waals surface area contributed by atoms with Crippen LogP contribution in [0.2, 0.25) is 0 Å². The summed E-state index contributed by atoms with van der Waals surface area (Å²) in [7, 11) is 0. The number of imidazole rings is 1. The molecule has 0 aliphatic heterocycles. The van der Waals surface area contributed by atoms with Gasteiger partial charge in [0.15, 0.2) is 0 Å². The van der Waals surface area contributed by atoms with Gasteiger partial charge in [-0.25, -0.2) is 9.37 Å². The molecule has 1 N–H and O–H groups in total. The number of aromatic hydroxyl groups is 1. The fraction of sp³-hybridized carbons (Fsp3) is 0.107. The average molecular weight is 517 g/mol. The quantitative estimate of drug-likeness (QED) is 0.258. The molecule has 5 rings (SSSR count). The molecule has 170 valence electrons. The number of halogens is 2. The van der Waals surface area contributed by atoms with E-state index in [1.165, 1.54) is 17.7 Å². The molecule has 6 heteroatoms. The third-order valence-corrected chi connectivity index (χ3v) is 6.19. The summed E-state index contributed by atoms with van der Waals surface area (Å²) in [6, 6.07) is 25.8. The summed E-state index contributed by atoms with van der Waals surface area (Å²) in [4.78, 5) is 4.85. The third-order valence-electron chi connectivity index (χ3n) is 5.70. The Balaban J connectivity index is 1.53. The Labute approximate surface area is 205 Å². The minimum absolute atomic E-state index is 0.126. The number of hydrogen-bond donors (Lipinski definition) is 1. The third kappa shape index (κ3) is 4.68. The lowest BCUT2D eigenvalue weighted by atomic mass is 10.1. The Bertz CT molecular complexity index is 1460. The normalized spacial score (nSPS) is 11.1. The zero-order valence-corrected chi connectivity index (χ0v) is 20.1. The second kappa shape index (κ2) is 9.31. The maximum absolute atomic E-state index is 13.4. The van der Waals surface area contributed by atoms with Crippen LogP contribution in [0.1, 0.15) is 16.7 Å². The molecule has 0 bridgehead atoms. The monoisotopic (exact) mass is 516 g/mol. The lowest BCUT2D eigenvalue weighted by Gasteiger charge is -2.11. The highest BCUT2D eigenvalue weighted by Crippen LogP contribution is 2.34. The van der Waals surface area contributed by atoms with Crippen molar-refractivity contribution >= 4 is 27.0 Å². The molecule has 0 aliphatic carbocycles. The zero-order valence-electron chi connectivity index (χ0n) is 18.5. The van der Waals surface area contributed by atoms with Crippen LogP contribution < -0.4 is 4.74 Å². The topological polar surface area (TPSA) is 47.3 Å². The van der Waals surface area contributed by atoms with Gasteiger partial charge < -0.3 is 14.4 Å². The SMILES string of the molecule is Cc1ccc(COc2ccc3c(c2)nc(-c2ccc(Br)cc2O)n3Cc2ccc(F)cc2)cc1. The van der Waals surface area contributed by atoms with Gasteiger partial charge in [0, 0.05) is 17.1 Å². The van der Waals surface area contributed by atoms with Crippen molar-refractivity contribution in [3.8, 4) is 22.9 Å². The summed E-state index contributed by atoms with van der Waals surface area (Å²) in [6.07, 6.45) is 0. The van der Waals surface area contributed by atoms with E-state index in [0.717, 1.165) is 26.6 Å². The van der Waals surface area contributed by atoms with Crippen LogP contribution in [0.15, 0.2) is 89.4 Å². The number of aromatic nitrogens is 2. The molecule has 0 atom stereocenters. The van der Waals surface area contributed by atoms with Crippen LogP contribution in [0.5, 0.6) is 11.5 Å². The first-order chi connectivity index (χ1) is 16.5. The molecule has 5 aromatic rings. The molecule has 0 aliphatic rings. The van der Waals surface area contributed by atoms with Crippen LogP contribution >= 0.6 is 15.9 Å². The van der Waals surface area contributed by atoms with Gasteiger partial charge in [0.2, 0.25) is 0 Å². The van der Waals surface area contributed by atoms with Gasteiger partial charge in [0.25, 0.3) is 0 Å². The number of rotatable bonds is 6. The molecule has 1 heterocycles. The predicted molar refractivity (Wildman–Crippen MR) is 136 cm³/mol. The van der Waals surface area contributed by atoms with Gasteiger partial charge in [-0.15, -0.1) is 0 Å². The van der Waals surface area contributed by atoms with E-state index in [0.29, 0.717) is 30.3 Å². The van der Waals surface area contributed by atoms with E-state index in [9.17, 15) is 9.50 Å². The van der Waals surface area contributed by atoms with Crippen molar-refractivity contribution in [2.24, 2.45) is 0 Å². The standard InChI is InChI=1S/C28H22BrFN2O2/c1-18-2-4-20(5-3-18)17-34-23-11-13-26-25(15-23)31-28(24-12-8-21(29)14-27(24)33)32(26)16-19-6-9-22(30)10-7-19/h2-15,33H,16-17H2,1H3.